The van der Waals surface area contributed by atoms with Crippen molar-refractivity contribution in [2.75, 3.05) is 18.5 Å². The van der Waals surface area contributed by atoms with Gasteiger partial charge in [-0.2, -0.15) is 0 Å². The molecule has 1 aromatic heterocycles. The third-order valence-corrected chi connectivity index (χ3v) is 6.87. The predicted molar refractivity (Wildman–Crippen MR) is 179 cm³/mol. The van der Waals surface area contributed by atoms with E-state index >= 15 is 0 Å². The lowest BCUT2D eigenvalue weighted by Gasteiger charge is -2.07. The van der Waals surface area contributed by atoms with Crippen LogP contribution in [-0.2, 0) is 33.6 Å². The number of nitrogens with one attached hydrogen (secondary N) is 3. The molecule has 0 radical (unpaired) electrons. The second-order valence-electron chi connectivity index (χ2n) is 10.5. The van der Waals surface area contributed by atoms with Crippen molar-refractivity contribution in [1.29, 1.82) is 0 Å². The average molecular weight is 636 g/mol. The minimum absolute atomic E-state index is 0.115. The Kier molecular flexibility index (Phi) is 17.1. The van der Waals surface area contributed by atoms with E-state index in [0.717, 1.165) is 54.1 Å². The molecule has 0 aliphatic rings. The van der Waals surface area contributed by atoms with E-state index in [1.165, 1.54) is 11.3 Å². The molecule has 0 unspecified atom stereocenters. The second kappa shape index (κ2) is 21.1. The molecule has 242 valence electrons. The maximum absolute atomic E-state index is 12.3. The molecule has 0 spiro atoms. The van der Waals surface area contributed by atoms with Gasteiger partial charge in [0.1, 0.15) is 16.6 Å². The first kappa shape index (κ1) is 36.5. The Labute approximate surface area is 269 Å². The topological polar surface area (TPSA) is 174 Å². The van der Waals surface area contributed by atoms with Gasteiger partial charge in [0.25, 0.3) is 0 Å². The Bertz CT molecular complexity index is 1390. The molecule has 45 heavy (non-hydrogen) atoms. The average Bonchev–Trinajstić information content (AvgIpc) is 3.45. The van der Waals surface area contributed by atoms with Crippen LogP contribution in [0.15, 0.2) is 78.3 Å². The quantitative estimate of drug-likeness (QED) is 0.0833. The minimum Gasteiger partial charge on any atom is -0.494 e. The number of unbranched alkanes of at least 4 members (excludes halogenated alkanes) is 1. The number of nitrogens with two attached hydrogens (primary N) is 2. The Morgan fingerprint density at radius 3 is 2.38 bits per heavy atom. The van der Waals surface area contributed by atoms with Crippen LogP contribution in [0.25, 0.3) is 0 Å². The fourth-order valence-corrected chi connectivity index (χ4v) is 4.66. The molecule has 7 N–H and O–H groups in total. The molecule has 0 aliphatic heterocycles. The zero-order chi connectivity index (χ0) is 32.9. The van der Waals surface area contributed by atoms with Crippen LogP contribution in [-0.4, -0.2) is 41.6 Å². The van der Waals surface area contributed by atoms with E-state index in [9.17, 15) is 14.4 Å². The van der Waals surface area contributed by atoms with Crippen molar-refractivity contribution in [3.63, 3.8) is 0 Å². The summed E-state index contributed by atoms with van der Waals surface area (Å²) in [5.74, 6) is 1.19. The van der Waals surface area contributed by atoms with Crippen LogP contribution >= 0.6 is 11.3 Å². The summed E-state index contributed by atoms with van der Waals surface area (Å²) < 4.78 is 5.46. The fourth-order valence-electron chi connectivity index (χ4n) is 3.86. The van der Waals surface area contributed by atoms with Crippen molar-refractivity contribution < 1.29 is 19.1 Å². The molecule has 0 aliphatic carbocycles. The largest absolute Gasteiger partial charge is 0.494 e. The van der Waals surface area contributed by atoms with Gasteiger partial charge in [-0.1, -0.05) is 67.6 Å². The maximum Gasteiger partial charge on any atom is 0.230 e. The molecule has 0 fully saturated rings. The van der Waals surface area contributed by atoms with Gasteiger partial charge in [-0.25, -0.2) is 0 Å². The summed E-state index contributed by atoms with van der Waals surface area (Å²) in [7, 11) is 0. The van der Waals surface area contributed by atoms with Crippen molar-refractivity contribution in [3.8, 4) is 5.75 Å². The van der Waals surface area contributed by atoms with Gasteiger partial charge >= 0.3 is 0 Å². The van der Waals surface area contributed by atoms with Crippen molar-refractivity contribution in [3.05, 3.63) is 94.4 Å². The number of carbonyl (C=O) groups excluding carboxylic acids is 3. The zero-order valence-corrected chi connectivity index (χ0v) is 27.1. The smallest absolute Gasteiger partial charge is 0.230 e. The number of anilines is 1. The number of nitrogens with zero attached hydrogens (tertiary/aromatic N) is 2. The number of benzene rings is 2. The van der Waals surface area contributed by atoms with Crippen LogP contribution < -0.4 is 32.2 Å². The van der Waals surface area contributed by atoms with E-state index in [0.29, 0.717) is 36.2 Å². The SMILES string of the molecule is CC(C)CNC=O.CCOc1cccc(CC(=O)N/C(N)=C/C=C(\N)CCCCc2nnc(NC(=O)Cc3ccccc3)s2)c1. The molecule has 11 nitrogen and oxygen atoms in total. The highest BCUT2D eigenvalue weighted by atomic mass is 32.1. The highest BCUT2D eigenvalue weighted by Gasteiger charge is 2.09. The van der Waals surface area contributed by atoms with Gasteiger partial charge in [-0.3, -0.25) is 14.4 Å². The molecule has 0 saturated heterocycles. The molecule has 0 bridgehead atoms. The number of amides is 3. The molecule has 3 amide bonds. The maximum atomic E-state index is 12.3. The lowest BCUT2D eigenvalue weighted by Crippen LogP contribution is -2.28. The van der Waals surface area contributed by atoms with E-state index in [1.54, 1.807) is 12.2 Å². The molecular formula is C33H45N7O4S. The monoisotopic (exact) mass is 635 g/mol. The highest BCUT2D eigenvalue weighted by molar-refractivity contribution is 7.15. The number of hydrogen-bond donors (Lipinski definition) is 5. The van der Waals surface area contributed by atoms with E-state index in [-0.39, 0.29) is 24.1 Å². The summed E-state index contributed by atoms with van der Waals surface area (Å²) in [5.41, 5.74) is 14.5. The van der Waals surface area contributed by atoms with E-state index in [4.69, 9.17) is 16.2 Å². The number of rotatable bonds is 17. The van der Waals surface area contributed by atoms with E-state index in [1.807, 2.05) is 61.5 Å². The van der Waals surface area contributed by atoms with Crippen molar-refractivity contribution in [2.24, 2.45) is 17.4 Å². The van der Waals surface area contributed by atoms with E-state index < -0.39 is 0 Å². The molecule has 1 heterocycles. The second-order valence-corrected chi connectivity index (χ2v) is 11.6. The Balaban J connectivity index is 0.000000900. The number of ether oxygens (including phenoxy) is 1. The van der Waals surface area contributed by atoms with Gasteiger partial charge < -0.3 is 32.2 Å². The van der Waals surface area contributed by atoms with Crippen LogP contribution in [0.3, 0.4) is 0 Å². The number of aromatic nitrogens is 2. The molecule has 0 atom stereocenters. The van der Waals surface area contributed by atoms with Crippen LogP contribution in [0.1, 0.15) is 56.2 Å². The minimum atomic E-state index is -0.216. The lowest BCUT2D eigenvalue weighted by atomic mass is 10.1. The summed E-state index contributed by atoms with van der Waals surface area (Å²) in [4.78, 5) is 34.0. The molecule has 0 saturated carbocycles. The van der Waals surface area contributed by atoms with Crippen molar-refractivity contribution >= 4 is 34.7 Å². The number of aryl methyl sites for hydroxylation is 1. The van der Waals surface area contributed by atoms with Crippen LogP contribution in [0, 0.1) is 5.92 Å². The van der Waals surface area contributed by atoms with Crippen molar-refractivity contribution in [2.45, 2.75) is 59.3 Å². The molecule has 12 heteroatoms. The van der Waals surface area contributed by atoms with Gasteiger partial charge in [-0.15, -0.1) is 10.2 Å². The van der Waals surface area contributed by atoms with E-state index in [2.05, 4.69) is 40.0 Å². The normalized spacial score (nSPS) is 11.3. The predicted octanol–water partition coefficient (Wildman–Crippen LogP) is 4.22. The number of carbonyl (C=O) groups is 3. The van der Waals surface area contributed by atoms with Gasteiger partial charge in [0.15, 0.2) is 0 Å². The van der Waals surface area contributed by atoms with Crippen LogP contribution in [0.4, 0.5) is 5.13 Å². The Morgan fingerprint density at radius 2 is 1.69 bits per heavy atom. The standard InChI is InChI=1S/C28H34N6O3S.C5H11NO/c1-2-37-23-13-8-11-21(17-23)19-25(35)31-24(30)16-15-22(29)12-6-7-14-27-33-34-28(38-27)32-26(36)18-20-9-4-3-5-10-20;1-5(2)3-6-4-7/h3-5,8-11,13,15-17H,2,6-7,12,14,18-19,29-30H2,1H3,(H,31,35)(H,32,34,36);4-5H,3H2,1-2H3,(H,6,7)/b22-15-,24-16+;. The van der Waals surface area contributed by atoms with Crippen molar-refractivity contribution in [1.82, 2.24) is 20.8 Å². The third-order valence-electron chi connectivity index (χ3n) is 5.97. The Morgan fingerprint density at radius 1 is 0.956 bits per heavy atom. The molecular weight excluding hydrogens is 590 g/mol. The summed E-state index contributed by atoms with van der Waals surface area (Å²) in [6.45, 7) is 7.36. The molecule has 3 rings (SSSR count). The Hall–Kier alpha value is -4.71. The highest BCUT2D eigenvalue weighted by Crippen LogP contribution is 2.18. The summed E-state index contributed by atoms with van der Waals surface area (Å²) in [6.07, 6.45) is 7.67. The number of hydrogen-bond acceptors (Lipinski definition) is 9. The summed E-state index contributed by atoms with van der Waals surface area (Å²) in [5, 5.41) is 17.6. The zero-order valence-electron chi connectivity index (χ0n) is 26.3. The van der Waals surface area contributed by atoms with Gasteiger partial charge in [0.05, 0.1) is 19.4 Å². The first-order valence-electron chi connectivity index (χ1n) is 14.9. The number of allylic oxidation sites excluding steroid dienone is 3. The summed E-state index contributed by atoms with van der Waals surface area (Å²) >= 11 is 1.38. The first-order valence-corrected chi connectivity index (χ1v) is 15.8. The fraction of sp³-hybridized carbons (Fsp3) is 0.364. The van der Waals surface area contributed by atoms with Gasteiger partial charge in [0, 0.05) is 18.7 Å². The van der Waals surface area contributed by atoms with Gasteiger partial charge in [0.2, 0.25) is 23.4 Å². The molecule has 2 aromatic carbocycles. The van der Waals surface area contributed by atoms with Gasteiger partial charge in [-0.05, 0) is 67.5 Å². The van der Waals surface area contributed by atoms with Crippen LogP contribution in [0.5, 0.6) is 5.75 Å². The summed E-state index contributed by atoms with van der Waals surface area (Å²) in [6, 6.07) is 17.0. The third kappa shape index (κ3) is 16.6. The molecule has 3 aromatic rings. The lowest BCUT2D eigenvalue weighted by molar-refractivity contribution is -0.119. The first-order chi connectivity index (χ1) is 21.7. The van der Waals surface area contributed by atoms with Crippen LogP contribution in [0.2, 0.25) is 0 Å².